The van der Waals surface area contributed by atoms with E-state index in [2.05, 4.69) is 11.9 Å². The lowest BCUT2D eigenvalue weighted by Gasteiger charge is -2.04. The van der Waals surface area contributed by atoms with Crippen LogP contribution >= 0.6 is 23.1 Å². The van der Waals surface area contributed by atoms with Crippen LogP contribution in [-0.2, 0) is 21.7 Å². The van der Waals surface area contributed by atoms with Crippen LogP contribution in [0.5, 0.6) is 0 Å². The highest BCUT2D eigenvalue weighted by Gasteiger charge is 2.15. The third-order valence-electron chi connectivity index (χ3n) is 3.89. The Bertz CT molecular complexity index is 868. The number of Topliss-reactive ketones (excluding diaryl/α,β-unsaturated/α-hetero) is 1. The zero-order valence-corrected chi connectivity index (χ0v) is 15.5. The highest BCUT2D eigenvalue weighted by Crippen LogP contribution is 2.23. The van der Waals surface area contributed by atoms with Gasteiger partial charge in [0.05, 0.1) is 5.75 Å². The van der Waals surface area contributed by atoms with Gasteiger partial charge in [-0.05, 0) is 23.4 Å². The molecule has 3 rings (SSSR count). The van der Waals surface area contributed by atoms with Crippen LogP contribution in [0.4, 0.5) is 0 Å². The molecule has 0 atom stereocenters. The molecule has 0 amide bonds. The number of aromatic nitrogens is 1. The van der Waals surface area contributed by atoms with Gasteiger partial charge in [-0.25, -0.2) is 0 Å². The maximum atomic E-state index is 12.4. The first-order chi connectivity index (χ1) is 12.2. The highest BCUT2D eigenvalue weighted by molar-refractivity contribution is 7.99. The van der Waals surface area contributed by atoms with Crippen LogP contribution in [0.1, 0.15) is 27.7 Å². The molecule has 0 radical (unpaired) electrons. The molecular formula is C19H19NO3S2. The maximum Gasteiger partial charge on any atom is 0.316 e. The number of carbonyl (C=O) groups is 2. The van der Waals surface area contributed by atoms with E-state index >= 15 is 0 Å². The molecule has 0 unspecified atom stereocenters. The topological polar surface area (TPSA) is 59.2 Å². The van der Waals surface area contributed by atoms with Crippen molar-refractivity contribution in [2.75, 3.05) is 12.4 Å². The molecule has 0 saturated carbocycles. The lowest BCUT2D eigenvalue weighted by atomic mass is 10.1. The van der Waals surface area contributed by atoms with Gasteiger partial charge in [0.15, 0.2) is 6.61 Å². The molecule has 0 bridgehead atoms. The standard InChI is InChI=1S/C19H19NO3S2/c1-2-13-5-3-7-15-16(9-20-19(13)15)17(21)10-23-18(22)12-24-11-14-6-4-8-25-14/h3-9,20H,2,10-12H2,1H3. The first kappa shape index (κ1) is 17.8. The van der Waals surface area contributed by atoms with Crippen molar-refractivity contribution < 1.29 is 14.3 Å². The van der Waals surface area contributed by atoms with Crippen LogP contribution < -0.4 is 0 Å². The van der Waals surface area contributed by atoms with Gasteiger partial charge in [-0.2, -0.15) is 0 Å². The minimum Gasteiger partial charge on any atom is -0.457 e. The van der Waals surface area contributed by atoms with Crippen molar-refractivity contribution in [3.8, 4) is 0 Å². The number of esters is 1. The fraction of sp³-hybridized carbons (Fsp3) is 0.263. The first-order valence-corrected chi connectivity index (χ1v) is 10.1. The van der Waals surface area contributed by atoms with Gasteiger partial charge in [-0.15, -0.1) is 23.1 Å². The van der Waals surface area contributed by atoms with Gasteiger partial charge in [-0.3, -0.25) is 9.59 Å². The highest BCUT2D eigenvalue weighted by atomic mass is 32.2. The second kappa shape index (κ2) is 8.36. The summed E-state index contributed by atoms with van der Waals surface area (Å²) in [5, 5.41) is 2.89. The molecule has 0 fully saturated rings. The van der Waals surface area contributed by atoms with Crippen LogP contribution in [0.3, 0.4) is 0 Å². The second-order valence-corrected chi connectivity index (χ2v) is 7.57. The van der Waals surface area contributed by atoms with Crippen molar-refractivity contribution in [3.63, 3.8) is 0 Å². The molecule has 2 heterocycles. The quantitative estimate of drug-likeness (QED) is 0.468. The Morgan fingerprint density at radius 1 is 1.24 bits per heavy atom. The van der Waals surface area contributed by atoms with E-state index in [0.29, 0.717) is 5.56 Å². The van der Waals surface area contributed by atoms with Gasteiger partial charge in [-0.1, -0.05) is 31.2 Å². The number of rotatable bonds is 8. The summed E-state index contributed by atoms with van der Waals surface area (Å²) in [6.07, 6.45) is 2.59. The molecule has 6 heteroatoms. The second-order valence-electron chi connectivity index (χ2n) is 5.55. The van der Waals surface area contributed by atoms with E-state index in [1.165, 1.54) is 22.2 Å². The lowest BCUT2D eigenvalue weighted by molar-refractivity contribution is -0.139. The van der Waals surface area contributed by atoms with E-state index in [1.54, 1.807) is 17.5 Å². The molecule has 0 aliphatic heterocycles. The third-order valence-corrected chi connectivity index (χ3v) is 5.91. The third kappa shape index (κ3) is 4.32. The number of carbonyl (C=O) groups excluding carboxylic acids is 2. The number of hydrogen-bond donors (Lipinski definition) is 1. The predicted molar refractivity (Wildman–Crippen MR) is 103 cm³/mol. The molecule has 2 aromatic heterocycles. The molecule has 0 aliphatic rings. The number of nitrogens with one attached hydrogen (secondary N) is 1. The SMILES string of the molecule is CCc1cccc2c(C(=O)COC(=O)CSCc3cccs3)c[nH]c12. The average Bonchev–Trinajstić information content (AvgIpc) is 3.28. The van der Waals surface area contributed by atoms with Crippen LogP contribution in [0.2, 0.25) is 0 Å². The summed E-state index contributed by atoms with van der Waals surface area (Å²) in [6.45, 7) is 1.86. The smallest absolute Gasteiger partial charge is 0.316 e. The molecule has 130 valence electrons. The van der Waals surface area contributed by atoms with Crippen molar-refractivity contribution >= 4 is 45.8 Å². The van der Waals surface area contributed by atoms with Crippen molar-refractivity contribution in [2.24, 2.45) is 0 Å². The number of hydrogen-bond acceptors (Lipinski definition) is 5. The minimum atomic E-state index is -0.357. The summed E-state index contributed by atoms with van der Waals surface area (Å²) in [7, 11) is 0. The Balaban J connectivity index is 1.53. The molecule has 3 aromatic rings. The molecule has 0 saturated heterocycles. The molecule has 4 nitrogen and oxygen atoms in total. The number of thioether (sulfide) groups is 1. The van der Waals surface area contributed by atoms with Gasteiger partial charge >= 0.3 is 5.97 Å². The number of benzene rings is 1. The van der Waals surface area contributed by atoms with Crippen LogP contribution in [0.25, 0.3) is 10.9 Å². The predicted octanol–water partition coefficient (Wildman–Crippen LogP) is 4.45. The summed E-state index contributed by atoms with van der Waals surface area (Å²) in [6, 6.07) is 9.92. The van der Waals surface area contributed by atoms with E-state index in [0.717, 1.165) is 23.1 Å². The number of ketones is 1. The molecular weight excluding hydrogens is 354 g/mol. The fourth-order valence-corrected chi connectivity index (χ4v) is 4.30. The lowest BCUT2D eigenvalue weighted by Crippen LogP contribution is -2.15. The zero-order chi connectivity index (χ0) is 17.6. The number of aryl methyl sites for hydroxylation is 1. The van der Waals surface area contributed by atoms with Gasteiger partial charge < -0.3 is 9.72 Å². The average molecular weight is 373 g/mol. The maximum absolute atomic E-state index is 12.4. The Morgan fingerprint density at radius 3 is 2.88 bits per heavy atom. The molecule has 0 spiro atoms. The number of ether oxygens (including phenoxy) is 1. The molecule has 25 heavy (non-hydrogen) atoms. The van der Waals surface area contributed by atoms with E-state index in [4.69, 9.17) is 4.74 Å². The van der Waals surface area contributed by atoms with E-state index in [1.807, 2.05) is 35.7 Å². The molecule has 1 N–H and O–H groups in total. The van der Waals surface area contributed by atoms with Crippen molar-refractivity contribution in [1.82, 2.24) is 4.98 Å². The number of para-hydroxylation sites is 1. The van der Waals surface area contributed by atoms with E-state index in [9.17, 15) is 9.59 Å². The monoisotopic (exact) mass is 373 g/mol. The van der Waals surface area contributed by atoms with Gasteiger partial charge in [0, 0.05) is 33.3 Å². The largest absolute Gasteiger partial charge is 0.457 e. The Morgan fingerprint density at radius 2 is 2.12 bits per heavy atom. The zero-order valence-electron chi connectivity index (χ0n) is 13.9. The van der Waals surface area contributed by atoms with Crippen LogP contribution in [-0.4, -0.2) is 29.1 Å². The Kier molecular flexibility index (Phi) is 5.94. The van der Waals surface area contributed by atoms with Crippen molar-refractivity contribution in [2.45, 2.75) is 19.1 Å². The van der Waals surface area contributed by atoms with Gasteiger partial charge in [0.2, 0.25) is 5.78 Å². The van der Waals surface area contributed by atoms with Crippen molar-refractivity contribution in [3.05, 3.63) is 57.9 Å². The number of thiophene rings is 1. The molecule has 0 aliphatic carbocycles. The van der Waals surface area contributed by atoms with Crippen molar-refractivity contribution in [1.29, 1.82) is 0 Å². The number of aromatic amines is 1. The Labute approximate surface area is 154 Å². The molecule has 1 aromatic carbocycles. The summed E-state index contributed by atoms with van der Waals surface area (Å²) in [4.78, 5) is 28.6. The summed E-state index contributed by atoms with van der Waals surface area (Å²) < 4.78 is 5.13. The fourth-order valence-electron chi connectivity index (χ4n) is 2.64. The first-order valence-electron chi connectivity index (χ1n) is 8.07. The van der Waals surface area contributed by atoms with Gasteiger partial charge in [0.25, 0.3) is 0 Å². The Hall–Kier alpha value is -2.05. The van der Waals surface area contributed by atoms with Crippen LogP contribution in [0.15, 0.2) is 41.9 Å². The number of fused-ring (bicyclic) bond motifs is 1. The summed E-state index contributed by atoms with van der Waals surface area (Å²) in [5.41, 5.74) is 2.72. The minimum absolute atomic E-state index is 0.184. The number of H-pyrrole nitrogens is 1. The normalized spacial score (nSPS) is 10.9. The van der Waals surface area contributed by atoms with Gasteiger partial charge in [0.1, 0.15) is 0 Å². The van der Waals surface area contributed by atoms with Crippen LogP contribution in [0, 0.1) is 0 Å². The van der Waals surface area contributed by atoms with E-state index < -0.39 is 0 Å². The summed E-state index contributed by atoms with van der Waals surface area (Å²) >= 11 is 3.16. The van der Waals surface area contributed by atoms with E-state index in [-0.39, 0.29) is 24.1 Å². The summed E-state index contributed by atoms with van der Waals surface area (Å²) in [5.74, 6) is 0.488.